The molecule has 6 nitrogen and oxygen atoms in total. The first-order valence-corrected chi connectivity index (χ1v) is 8.01. The van der Waals surface area contributed by atoms with Crippen LogP contribution >= 0.6 is 15.9 Å². The number of nitrogens with zero attached hydrogens (tertiary/aromatic N) is 4. The highest BCUT2D eigenvalue weighted by Gasteiger charge is 2.32. The number of hydrogen-bond donors (Lipinski definition) is 1. The first kappa shape index (κ1) is 16.4. The van der Waals surface area contributed by atoms with Crippen molar-refractivity contribution in [1.29, 1.82) is 0 Å². The van der Waals surface area contributed by atoms with E-state index in [9.17, 15) is 9.18 Å². The lowest BCUT2D eigenvalue weighted by Gasteiger charge is -2.24. The Morgan fingerprint density at radius 3 is 2.75 bits per heavy atom. The summed E-state index contributed by atoms with van der Waals surface area (Å²) in [5.74, 6) is -0.486. The van der Waals surface area contributed by atoms with Gasteiger partial charge < -0.3 is 5.73 Å². The lowest BCUT2D eigenvalue weighted by molar-refractivity contribution is -0.111. The smallest absolute Gasteiger partial charge is 0.198 e. The molecule has 0 radical (unpaired) electrons. The lowest BCUT2D eigenvalue weighted by Crippen LogP contribution is -2.39. The van der Waals surface area contributed by atoms with E-state index in [2.05, 4.69) is 26.4 Å². The fourth-order valence-electron chi connectivity index (χ4n) is 2.46. The van der Waals surface area contributed by atoms with Crippen molar-refractivity contribution in [3.05, 3.63) is 57.8 Å². The SMILES string of the molecule is Cc1cc(CN2N=NN(c3ccc(Br)cc3F)C2C=O)ccc1N. The number of rotatable bonds is 4. The number of anilines is 2. The molecule has 2 aromatic carbocycles. The van der Waals surface area contributed by atoms with E-state index >= 15 is 0 Å². The van der Waals surface area contributed by atoms with E-state index in [0.717, 1.165) is 11.1 Å². The first-order valence-electron chi connectivity index (χ1n) is 7.22. The average molecular weight is 392 g/mol. The van der Waals surface area contributed by atoms with Crippen LogP contribution in [0.2, 0.25) is 0 Å². The van der Waals surface area contributed by atoms with Crippen LogP contribution in [0.3, 0.4) is 0 Å². The maximum Gasteiger partial charge on any atom is 0.198 e. The minimum Gasteiger partial charge on any atom is -0.399 e. The molecule has 2 aromatic rings. The predicted octanol–water partition coefficient (Wildman–Crippen LogP) is 3.61. The zero-order valence-electron chi connectivity index (χ0n) is 12.9. The Balaban J connectivity index is 1.83. The summed E-state index contributed by atoms with van der Waals surface area (Å²) in [5.41, 5.74) is 8.58. The zero-order chi connectivity index (χ0) is 17.3. The Labute approximate surface area is 146 Å². The van der Waals surface area contributed by atoms with E-state index in [1.807, 2.05) is 19.1 Å². The molecule has 8 heteroatoms. The van der Waals surface area contributed by atoms with Crippen molar-refractivity contribution in [2.75, 3.05) is 10.7 Å². The summed E-state index contributed by atoms with van der Waals surface area (Å²) in [5, 5.41) is 10.7. The van der Waals surface area contributed by atoms with Crippen LogP contribution in [0, 0.1) is 12.7 Å². The summed E-state index contributed by atoms with van der Waals surface area (Å²) < 4.78 is 14.7. The number of benzene rings is 2. The van der Waals surface area contributed by atoms with Crippen LogP contribution in [0.25, 0.3) is 0 Å². The molecule has 1 aliphatic heterocycles. The van der Waals surface area contributed by atoms with Gasteiger partial charge in [-0.15, -0.1) is 0 Å². The highest BCUT2D eigenvalue weighted by atomic mass is 79.9. The molecular weight excluding hydrogens is 377 g/mol. The monoisotopic (exact) mass is 391 g/mol. The summed E-state index contributed by atoms with van der Waals surface area (Å²) >= 11 is 3.20. The molecule has 0 bridgehead atoms. The van der Waals surface area contributed by atoms with E-state index in [4.69, 9.17) is 5.73 Å². The second-order valence-electron chi connectivity index (χ2n) is 5.46. The van der Waals surface area contributed by atoms with Crippen LogP contribution in [-0.4, -0.2) is 17.5 Å². The third kappa shape index (κ3) is 3.09. The van der Waals surface area contributed by atoms with Gasteiger partial charge in [-0.2, -0.15) is 0 Å². The molecule has 1 aliphatic rings. The molecule has 0 spiro atoms. The van der Waals surface area contributed by atoms with Gasteiger partial charge in [-0.1, -0.05) is 33.3 Å². The van der Waals surface area contributed by atoms with Crippen LogP contribution in [0.1, 0.15) is 11.1 Å². The Hall–Kier alpha value is -2.48. The minimum absolute atomic E-state index is 0.190. The fraction of sp³-hybridized carbons (Fsp3) is 0.188. The van der Waals surface area contributed by atoms with Crippen molar-refractivity contribution in [3.8, 4) is 0 Å². The molecule has 0 aromatic heterocycles. The molecule has 0 saturated heterocycles. The van der Waals surface area contributed by atoms with Gasteiger partial charge in [0.25, 0.3) is 0 Å². The summed E-state index contributed by atoms with van der Waals surface area (Å²) in [6.07, 6.45) is -0.121. The maximum absolute atomic E-state index is 14.1. The van der Waals surface area contributed by atoms with E-state index in [1.54, 1.807) is 18.2 Å². The molecule has 1 heterocycles. The van der Waals surface area contributed by atoms with Crippen molar-refractivity contribution in [3.63, 3.8) is 0 Å². The molecule has 0 fully saturated rings. The van der Waals surface area contributed by atoms with Crippen molar-refractivity contribution >= 4 is 33.6 Å². The number of carbonyl (C=O) groups excluding carboxylic acids is 1. The van der Waals surface area contributed by atoms with Crippen LogP contribution in [-0.2, 0) is 11.3 Å². The first-order chi connectivity index (χ1) is 11.5. The molecule has 3 rings (SSSR count). The normalized spacial score (nSPS) is 16.7. The lowest BCUT2D eigenvalue weighted by atomic mass is 10.1. The van der Waals surface area contributed by atoms with Crippen LogP contribution < -0.4 is 10.7 Å². The van der Waals surface area contributed by atoms with Gasteiger partial charge in [0.2, 0.25) is 0 Å². The molecule has 1 unspecified atom stereocenters. The van der Waals surface area contributed by atoms with Crippen LogP contribution in [0.15, 0.2) is 51.3 Å². The second-order valence-corrected chi connectivity index (χ2v) is 6.37. The standard InChI is InChI=1S/C16H15BrFN5O/c1-10-6-11(2-4-14(10)19)8-22-16(9-24)23(21-20-22)15-5-3-12(17)7-13(15)18/h2-7,9,16H,8,19H2,1H3. The fourth-order valence-corrected chi connectivity index (χ4v) is 2.79. The van der Waals surface area contributed by atoms with Crippen LogP contribution in [0.4, 0.5) is 15.8 Å². The van der Waals surface area contributed by atoms with Gasteiger partial charge in [-0.25, -0.2) is 14.4 Å². The van der Waals surface area contributed by atoms with Crippen molar-refractivity contribution in [2.24, 2.45) is 10.4 Å². The number of aldehydes is 1. The van der Waals surface area contributed by atoms with E-state index in [0.29, 0.717) is 23.0 Å². The average Bonchev–Trinajstić information content (AvgIpc) is 2.93. The van der Waals surface area contributed by atoms with Crippen LogP contribution in [0.5, 0.6) is 0 Å². The van der Waals surface area contributed by atoms with Gasteiger partial charge in [-0.05, 0) is 47.5 Å². The van der Waals surface area contributed by atoms with Gasteiger partial charge in [0.15, 0.2) is 12.5 Å². The Kier molecular flexibility index (Phi) is 4.48. The van der Waals surface area contributed by atoms with Gasteiger partial charge in [0.1, 0.15) is 5.82 Å². The quantitative estimate of drug-likeness (QED) is 0.637. The van der Waals surface area contributed by atoms with Crippen molar-refractivity contribution in [2.45, 2.75) is 19.6 Å². The molecular formula is C16H15BrFN5O. The Morgan fingerprint density at radius 1 is 1.29 bits per heavy atom. The molecule has 2 N–H and O–H groups in total. The third-order valence-corrected chi connectivity index (χ3v) is 4.26. The topological polar surface area (TPSA) is 74.3 Å². The van der Waals surface area contributed by atoms with E-state index < -0.39 is 12.0 Å². The number of halogens is 2. The molecule has 0 saturated carbocycles. The number of hydrogen-bond acceptors (Lipinski definition) is 6. The molecule has 0 amide bonds. The minimum atomic E-state index is -0.807. The van der Waals surface area contributed by atoms with E-state index in [1.165, 1.54) is 16.1 Å². The van der Waals surface area contributed by atoms with Crippen molar-refractivity contribution < 1.29 is 9.18 Å². The van der Waals surface area contributed by atoms with Gasteiger partial charge in [0, 0.05) is 10.2 Å². The number of aryl methyl sites for hydroxylation is 1. The summed E-state index contributed by atoms with van der Waals surface area (Å²) in [7, 11) is 0. The largest absolute Gasteiger partial charge is 0.399 e. The molecule has 0 aliphatic carbocycles. The van der Waals surface area contributed by atoms with Gasteiger partial charge in [-0.3, -0.25) is 4.79 Å². The zero-order valence-corrected chi connectivity index (χ0v) is 14.4. The predicted molar refractivity (Wildman–Crippen MR) is 92.4 cm³/mol. The van der Waals surface area contributed by atoms with Gasteiger partial charge in [0.05, 0.1) is 12.2 Å². The summed E-state index contributed by atoms with van der Waals surface area (Å²) in [6.45, 7) is 2.27. The van der Waals surface area contributed by atoms with E-state index in [-0.39, 0.29) is 5.69 Å². The number of nitrogen functional groups attached to an aromatic ring is 1. The molecule has 1 atom stereocenters. The summed E-state index contributed by atoms with van der Waals surface area (Å²) in [4.78, 5) is 11.5. The van der Waals surface area contributed by atoms with Gasteiger partial charge >= 0.3 is 0 Å². The second kappa shape index (κ2) is 6.56. The maximum atomic E-state index is 14.1. The molecule has 124 valence electrons. The summed E-state index contributed by atoms with van der Waals surface area (Å²) in [6, 6.07) is 10.1. The number of carbonyl (C=O) groups is 1. The highest BCUT2D eigenvalue weighted by molar-refractivity contribution is 9.10. The third-order valence-electron chi connectivity index (χ3n) is 3.76. The highest BCUT2D eigenvalue weighted by Crippen LogP contribution is 2.29. The molecule has 24 heavy (non-hydrogen) atoms. The Bertz CT molecular complexity index is 813. The number of nitrogens with two attached hydrogens (primary N) is 1. The Morgan fingerprint density at radius 2 is 2.08 bits per heavy atom. The van der Waals surface area contributed by atoms with Crippen molar-refractivity contribution in [1.82, 2.24) is 5.01 Å².